The van der Waals surface area contributed by atoms with Gasteiger partial charge in [0, 0.05) is 11.6 Å². The molecular weight excluding hydrogens is 272 g/mol. The summed E-state index contributed by atoms with van der Waals surface area (Å²) in [4.78, 5) is 4.07. The van der Waals surface area contributed by atoms with Gasteiger partial charge in [-0.25, -0.2) is 4.98 Å². The van der Waals surface area contributed by atoms with E-state index in [1.807, 2.05) is 0 Å². The molecule has 0 aliphatic carbocycles. The number of nitrogens with zero attached hydrogens (tertiary/aromatic N) is 2. The first-order valence-corrected chi connectivity index (χ1v) is 7.31. The maximum Gasteiger partial charge on any atom is 0.358 e. The average molecular weight is 282 g/mol. The van der Waals surface area contributed by atoms with Crippen LogP contribution < -0.4 is 0 Å². The lowest BCUT2D eigenvalue weighted by molar-refractivity contribution is 0.339. The molecule has 0 unspecified atom stereocenters. The smallest absolute Gasteiger partial charge is 0.264 e. The summed E-state index contributed by atoms with van der Waals surface area (Å²) in [6, 6.07) is 7.86. The van der Waals surface area contributed by atoms with Crippen molar-refractivity contribution in [3.63, 3.8) is 0 Å². The monoisotopic (exact) mass is 282 g/mol. The van der Waals surface area contributed by atoms with Crippen LogP contribution in [0, 0.1) is 0 Å². The topological polar surface area (TPSA) is 68.6 Å². The highest BCUT2D eigenvalue weighted by atomic mass is 32.2. The molecule has 1 heterocycles. The lowest BCUT2D eigenvalue weighted by Gasteiger charge is -2.01. The molecule has 0 aliphatic rings. The summed E-state index contributed by atoms with van der Waals surface area (Å²) >= 11 is 1.36. The summed E-state index contributed by atoms with van der Waals surface area (Å²) in [5, 5.41) is 5.99. The van der Waals surface area contributed by atoms with Crippen LogP contribution in [0.1, 0.15) is 11.9 Å². The fourth-order valence-corrected chi connectivity index (χ4v) is 2.54. The Bertz CT molecular complexity index is 634. The van der Waals surface area contributed by atoms with Gasteiger partial charge in [-0.1, -0.05) is 23.4 Å². The maximum atomic E-state index is 11.8. The van der Waals surface area contributed by atoms with Crippen molar-refractivity contribution in [1.82, 2.24) is 4.98 Å². The minimum absolute atomic E-state index is 0.0701. The summed E-state index contributed by atoms with van der Waals surface area (Å²) in [6.07, 6.45) is 1.62. The van der Waals surface area contributed by atoms with E-state index in [1.165, 1.54) is 23.5 Å². The molecule has 0 aliphatic heterocycles. The minimum Gasteiger partial charge on any atom is -0.264 e. The molecule has 0 radical (unpaired) electrons. The summed E-state index contributed by atoms with van der Waals surface area (Å²) in [6.45, 7) is 1.64. The molecule has 18 heavy (non-hydrogen) atoms. The second-order valence-corrected chi connectivity index (χ2v) is 5.78. The van der Waals surface area contributed by atoms with Gasteiger partial charge in [0.25, 0.3) is 0 Å². The molecule has 2 aromatic rings. The number of oxime groups is 1. The number of rotatable bonds is 4. The lowest BCUT2D eigenvalue weighted by atomic mass is 10.4. The van der Waals surface area contributed by atoms with Crippen LogP contribution in [0.4, 0.5) is 0 Å². The summed E-state index contributed by atoms with van der Waals surface area (Å²) in [5.41, 5.74) is 0.421. The first kappa shape index (κ1) is 12.7. The summed E-state index contributed by atoms with van der Waals surface area (Å²) in [7, 11) is -3.86. The maximum absolute atomic E-state index is 11.8. The van der Waals surface area contributed by atoms with Gasteiger partial charge in [-0.05, 0) is 19.1 Å². The largest absolute Gasteiger partial charge is 0.358 e. The average Bonchev–Trinajstić information content (AvgIpc) is 2.91. The molecule has 1 aromatic carbocycles. The van der Waals surface area contributed by atoms with E-state index in [-0.39, 0.29) is 4.90 Å². The van der Waals surface area contributed by atoms with Gasteiger partial charge in [-0.3, -0.25) is 4.28 Å². The van der Waals surface area contributed by atoms with E-state index < -0.39 is 10.1 Å². The second kappa shape index (κ2) is 5.28. The number of hydrogen-bond donors (Lipinski definition) is 0. The van der Waals surface area contributed by atoms with E-state index in [2.05, 4.69) is 14.4 Å². The predicted molar refractivity (Wildman–Crippen MR) is 69.0 cm³/mol. The third kappa shape index (κ3) is 2.93. The van der Waals surface area contributed by atoms with Crippen LogP contribution in [-0.4, -0.2) is 19.1 Å². The molecule has 0 saturated heterocycles. The van der Waals surface area contributed by atoms with Crippen molar-refractivity contribution in [2.75, 3.05) is 0 Å². The van der Waals surface area contributed by atoms with Crippen LogP contribution in [0.15, 0.2) is 52.0 Å². The van der Waals surface area contributed by atoms with Crippen LogP contribution >= 0.6 is 11.3 Å². The van der Waals surface area contributed by atoms with Crippen molar-refractivity contribution in [3.05, 3.63) is 46.9 Å². The molecule has 0 saturated carbocycles. The molecule has 5 nitrogen and oxygen atoms in total. The first-order chi connectivity index (χ1) is 8.59. The van der Waals surface area contributed by atoms with Crippen LogP contribution in [0.25, 0.3) is 0 Å². The molecule has 0 bridgehead atoms. The molecule has 7 heteroatoms. The molecule has 2 rings (SSSR count). The van der Waals surface area contributed by atoms with Gasteiger partial charge in [-0.15, -0.1) is 11.3 Å². The summed E-state index contributed by atoms with van der Waals surface area (Å²) in [5.74, 6) is 0. The van der Waals surface area contributed by atoms with Gasteiger partial charge in [0.1, 0.15) is 15.6 Å². The third-order valence-corrected chi connectivity index (χ3v) is 4.05. The predicted octanol–water partition coefficient (Wildman–Crippen LogP) is 2.27. The van der Waals surface area contributed by atoms with E-state index >= 15 is 0 Å². The van der Waals surface area contributed by atoms with Crippen LogP contribution in [-0.2, 0) is 14.4 Å². The Morgan fingerprint density at radius 3 is 2.67 bits per heavy atom. The zero-order valence-corrected chi connectivity index (χ0v) is 11.1. The highest BCUT2D eigenvalue weighted by Gasteiger charge is 2.15. The van der Waals surface area contributed by atoms with Crippen molar-refractivity contribution >= 4 is 27.2 Å². The van der Waals surface area contributed by atoms with E-state index in [9.17, 15) is 8.42 Å². The van der Waals surface area contributed by atoms with Gasteiger partial charge in [0.15, 0.2) is 0 Å². The van der Waals surface area contributed by atoms with E-state index in [0.717, 1.165) is 0 Å². The molecule has 1 aromatic heterocycles. The molecular formula is C11H10N2O3S2. The zero-order chi connectivity index (χ0) is 13.0. The SMILES string of the molecule is C/C(=N\OS(=O)(=O)c1ccccc1)c1nccs1. The van der Waals surface area contributed by atoms with E-state index in [0.29, 0.717) is 10.7 Å². The fourth-order valence-electron chi connectivity index (χ4n) is 1.18. The zero-order valence-electron chi connectivity index (χ0n) is 9.48. The fraction of sp³-hybridized carbons (Fsp3) is 0.0909. The molecule has 0 atom stereocenters. The van der Waals surface area contributed by atoms with E-state index in [1.54, 1.807) is 36.7 Å². The summed E-state index contributed by atoms with van der Waals surface area (Å²) < 4.78 is 28.1. The Balaban J connectivity index is 2.18. The Morgan fingerprint density at radius 2 is 2.06 bits per heavy atom. The van der Waals surface area contributed by atoms with Crippen LogP contribution in [0.3, 0.4) is 0 Å². The Kier molecular flexibility index (Phi) is 3.73. The molecule has 0 fully saturated rings. The second-order valence-electron chi connectivity index (χ2n) is 3.36. The number of thiazole rings is 1. The van der Waals surface area contributed by atoms with Gasteiger partial charge in [0.05, 0.1) is 0 Å². The number of benzene rings is 1. The Labute approximate surface area is 109 Å². The Morgan fingerprint density at radius 1 is 1.33 bits per heavy atom. The van der Waals surface area contributed by atoms with Crippen molar-refractivity contribution in [2.24, 2.45) is 5.16 Å². The molecule has 0 amide bonds. The number of hydrogen-bond acceptors (Lipinski definition) is 6. The van der Waals surface area contributed by atoms with Crippen molar-refractivity contribution in [3.8, 4) is 0 Å². The molecule has 94 valence electrons. The minimum atomic E-state index is -3.86. The quantitative estimate of drug-likeness (QED) is 0.637. The van der Waals surface area contributed by atoms with E-state index in [4.69, 9.17) is 0 Å². The van der Waals surface area contributed by atoms with Crippen molar-refractivity contribution in [2.45, 2.75) is 11.8 Å². The molecule has 0 spiro atoms. The third-order valence-electron chi connectivity index (χ3n) is 2.05. The highest BCUT2D eigenvalue weighted by Crippen LogP contribution is 2.13. The lowest BCUT2D eigenvalue weighted by Crippen LogP contribution is -2.04. The normalized spacial score (nSPS) is 12.4. The highest BCUT2D eigenvalue weighted by molar-refractivity contribution is 7.86. The molecule has 0 N–H and O–H groups in total. The first-order valence-electron chi connectivity index (χ1n) is 5.03. The standard InChI is InChI=1S/C11H10N2O3S2/c1-9(11-12-7-8-17-11)13-16-18(14,15)10-5-3-2-4-6-10/h2-8H,1H3/b13-9+. The van der Waals surface area contributed by atoms with Gasteiger partial charge < -0.3 is 0 Å². The van der Waals surface area contributed by atoms with Crippen molar-refractivity contribution in [1.29, 1.82) is 0 Å². The number of aromatic nitrogens is 1. The van der Waals surface area contributed by atoms with Gasteiger partial charge >= 0.3 is 10.1 Å². The van der Waals surface area contributed by atoms with Crippen molar-refractivity contribution < 1.29 is 12.7 Å². The van der Waals surface area contributed by atoms with Crippen LogP contribution in [0.2, 0.25) is 0 Å². The van der Waals surface area contributed by atoms with Gasteiger partial charge in [0.2, 0.25) is 0 Å². The Hall–Kier alpha value is -1.73. The van der Waals surface area contributed by atoms with Crippen LogP contribution in [0.5, 0.6) is 0 Å². The van der Waals surface area contributed by atoms with Gasteiger partial charge in [-0.2, -0.15) is 8.42 Å².